The van der Waals surface area contributed by atoms with Crippen molar-refractivity contribution in [2.45, 2.75) is 59.5 Å². The third-order valence-corrected chi connectivity index (χ3v) is 2.73. The quantitative estimate of drug-likeness (QED) is 0.531. The van der Waals surface area contributed by atoms with E-state index in [9.17, 15) is 0 Å². The molecule has 0 aliphatic rings. The first kappa shape index (κ1) is 15.3. The molecule has 0 rings (SSSR count). The van der Waals surface area contributed by atoms with Gasteiger partial charge in [-0.2, -0.15) is 0 Å². The average molecular weight is 227 g/mol. The van der Waals surface area contributed by atoms with Crippen molar-refractivity contribution >= 4 is 5.96 Å². The van der Waals surface area contributed by atoms with Crippen LogP contribution in [-0.2, 0) is 0 Å². The van der Waals surface area contributed by atoms with Crippen LogP contribution in [0.1, 0.15) is 47.5 Å². The van der Waals surface area contributed by atoms with Crippen molar-refractivity contribution in [1.29, 1.82) is 0 Å². The van der Waals surface area contributed by atoms with Crippen molar-refractivity contribution in [2.24, 2.45) is 4.99 Å². The zero-order valence-electron chi connectivity index (χ0n) is 12.1. The van der Waals surface area contributed by atoms with Gasteiger partial charge in [-0.3, -0.25) is 4.99 Å². The van der Waals surface area contributed by atoms with E-state index >= 15 is 0 Å². The van der Waals surface area contributed by atoms with E-state index in [0.717, 1.165) is 12.5 Å². The number of rotatable bonds is 5. The molecule has 0 unspecified atom stereocenters. The maximum absolute atomic E-state index is 4.45. The van der Waals surface area contributed by atoms with Crippen LogP contribution in [0.5, 0.6) is 0 Å². The lowest BCUT2D eigenvalue weighted by Gasteiger charge is -2.38. The van der Waals surface area contributed by atoms with Crippen molar-refractivity contribution < 1.29 is 0 Å². The molecule has 0 aromatic heterocycles. The molecule has 0 aliphatic carbocycles. The number of guanidine groups is 1. The zero-order chi connectivity index (χ0) is 12.7. The fourth-order valence-electron chi connectivity index (χ4n) is 2.04. The molecule has 3 nitrogen and oxygen atoms in total. The predicted molar refractivity (Wildman–Crippen MR) is 73.0 cm³/mol. The van der Waals surface area contributed by atoms with E-state index in [4.69, 9.17) is 0 Å². The van der Waals surface area contributed by atoms with E-state index < -0.39 is 0 Å². The van der Waals surface area contributed by atoms with Gasteiger partial charge in [-0.25, -0.2) is 0 Å². The average Bonchev–Trinajstić information content (AvgIpc) is 2.20. The van der Waals surface area contributed by atoms with Gasteiger partial charge in [0.1, 0.15) is 0 Å². The van der Waals surface area contributed by atoms with Gasteiger partial charge in [-0.05, 0) is 34.1 Å². The van der Waals surface area contributed by atoms with E-state index in [1.807, 2.05) is 7.05 Å². The Kier molecular flexibility index (Phi) is 7.18. The Morgan fingerprint density at radius 2 is 1.62 bits per heavy atom. The summed E-state index contributed by atoms with van der Waals surface area (Å²) in [5.74, 6) is 1.11. The summed E-state index contributed by atoms with van der Waals surface area (Å²) in [7, 11) is 4.02. The Labute approximate surface area is 102 Å². The molecule has 0 aliphatic heterocycles. The van der Waals surface area contributed by atoms with Crippen LogP contribution in [0, 0.1) is 0 Å². The lowest BCUT2D eigenvalue weighted by atomic mass is 10.2. The second-order valence-electron chi connectivity index (χ2n) is 4.89. The second kappa shape index (κ2) is 7.53. The summed E-state index contributed by atoms with van der Waals surface area (Å²) in [5, 5.41) is 0. The Morgan fingerprint density at radius 3 is 1.94 bits per heavy atom. The van der Waals surface area contributed by atoms with Gasteiger partial charge in [0.05, 0.1) is 0 Å². The maximum Gasteiger partial charge on any atom is 0.196 e. The highest BCUT2D eigenvalue weighted by Crippen LogP contribution is 2.09. The molecule has 0 saturated heterocycles. The minimum absolute atomic E-state index is 0.489. The molecular formula is C13H29N3. The number of aliphatic imine (C=N–C) groups is 1. The highest BCUT2D eigenvalue weighted by Gasteiger charge is 2.20. The van der Waals surface area contributed by atoms with Gasteiger partial charge in [-0.15, -0.1) is 0 Å². The van der Waals surface area contributed by atoms with Crippen molar-refractivity contribution in [2.75, 3.05) is 20.6 Å². The van der Waals surface area contributed by atoms with Crippen LogP contribution >= 0.6 is 0 Å². The van der Waals surface area contributed by atoms with Crippen molar-refractivity contribution in [3.8, 4) is 0 Å². The largest absolute Gasteiger partial charge is 0.346 e. The molecule has 96 valence electrons. The molecule has 0 aromatic carbocycles. The number of unbranched alkanes of at least 4 members (excludes halogenated alkanes) is 1. The number of hydrogen-bond acceptors (Lipinski definition) is 1. The molecule has 0 fully saturated rings. The fraction of sp³-hybridized carbons (Fsp3) is 0.923. The lowest BCUT2D eigenvalue weighted by Crippen LogP contribution is -2.49. The third-order valence-electron chi connectivity index (χ3n) is 2.73. The van der Waals surface area contributed by atoms with Crippen LogP contribution in [-0.4, -0.2) is 48.5 Å². The minimum Gasteiger partial charge on any atom is -0.346 e. The van der Waals surface area contributed by atoms with Crippen LogP contribution < -0.4 is 0 Å². The van der Waals surface area contributed by atoms with E-state index in [2.05, 4.69) is 56.5 Å². The molecule has 0 aromatic rings. The van der Waals surface area contributed by atoms with E-state index in [1.54, 1.807) is 0 Å². The van der Waals surface area contributed by atoms with Crippen LogP contribution in [0.3, 0.4) is 0 Å². The molecule has 0 spiro atoms. The minimum atomic E-state index is 0.489. The van der Waals surface area contributed by atoms with Crippen molar-refractivity contribution in [3.05, 3.63) is 0 Å². The lowest BCUT2D eigenvalue weighted by molar-refractivity contribution is 0.251. The molecule has 0 atom stereocenters. The Balaban J connectivity index is 4.68. The Hall–Kier alpha value is -0.730. The Bertz CT molecular complexity index is 201. The SMILES string of the molecule is CCCCN(C)C(=NC)N(C(C)C)C(C)C. The molecule has 0 amide bonds. The molecule has 3 heteroatoms. The van der Waals surface area contributed by atoms with Crippen LogP contribution in [0.4, 0.5) is 0 Å². The first-order valence-electron chi connectivity index (χ1n) is 6.41. The van der Waals surface area contributed by atoms with Gasteiger partial charge in [0.15, 0.2) is 5.96 Å². The van der Waals surface area contributed by atoms with E-state index in [0.29, 0.717) is 12.1 Å². The van der Waals surface area contributed by atoms with E-state index in [1.165, 1.54) is 12.8 Å². The first-order chi connectivity index (χ1) is 7.45. The summed E-state index contributed by atoms with van der Waals surface area (Å²) < 4.78 is 0. The normalized spacial score (nSPS) is 12.4. The summed E-state index contributed by atoms with van der Waals surface area (Å²) in [6, 6.07) is 0.977. The Morgan fingerprint density at radius 1 is 1.12 bits per heavy atom. The van der Waals surface area contributed by atoms with Gasteiger partial charge in [0.25, 0.3) is 0 Å². The third kappa shape index (κ3) is 4.42. The standard InChI is InChI=1S/C13H29N3/c1-8-9-10-15(7)13(14-6)16(11(2)3)12(4)5/h11-12H,8-10H2,1-7H3. The topological polar surface area (TPSA) is 18.8 Å². The summed E-state index contributed by atoms with van der Waals surface area (Å²) in [4.78, 5) is 9.09. The molecule has 0 heterocycles. The first-order valence-corrected chi connectivity index (χ1v) is 6.41. The zero-order valence-corrected chi connectivity index (χ0v) is 12.1. The van der Waals surface area contributed by atoms with Crippen LogP contribution in [0.2, 0.25) is 0 Å². The van der Waals surface area contributed by atoms with Gasteiger partial charge < -0.3 is 9.80 Å². The predicted octanol–water partition coefficient (Wildman–Crippen LogP) is 2.82. The van der Waals surface area contributed by atoms with Gasteiger partial charge in [-0.1, -0.05) is 13.3 Å². The van der Waals surface area contributed by atoms with Crippen LogP contribution in [0.25, 0.3) is 0 Å². The number of nitrogens with zero attached hydrogens (tertiary/aromatic N) is 3. The summed E-state index contributed by atoms with van der Waals surface area (Å²) in [5.41, 5.74) is 0. The van der Waals surface area contributed by atoms with Crippen molar-refractivity contribution in [1.82, 2.24) is 9.80 Å². The monoisotopic (exact) mass is 227 g/mol. The molecule has 16 heavy (non-hydrogen) atoms. The smallest absolute Gasteiger partial charge is 0.196 e. The van der Waals surface area contributed by atoms with Crippen molar-refractivity contribution in [3.63, 3.8) is 0 Å². The highest BCUT2D eigenvalue weighted by molar-refractivity contribution is 5.80. The second-order valence-corrected chi connectivity index (χ2v) is 4.89. The van der Waals surface area contributed by atoms with Gasteiger partial charge in [0.2, 0.25) is 0 Å². The number of hydrogen-bond donors (Lipinski definition) is 0. The fourth-order valence-corrected chi connectivity index (χ4v) is 2.04. The molecule has 0 saturated carbocycles. The summed E-state index contributed by atoms with van der Waals surface area (Å²) in [6.45, 7) is 12.2. The van der Waals surface area contributed by atoms with Crippen LogP contribution in [0.15, 0.2) is 4.99 Å². The maximum atomic E-state index is 4.45. The highest BCUT2D eigenvalue weighted by atomic mass is 15.4. The van der Waals surface area contributed by atoms with E-state index in [-0.39, 0.29) is 0 Å². The van der Waals surface area contributed by atoms with Gasteiger partial charge in [0, 0.05) is 32.7 Å². The van der Waals surface area contributed by atoms with Gasteiger partial charge >= 0.3 is 0 Å². The molecule has 0 N–H and O–H groups in total. The molecule has 0 radical (unpaired) electrons. The molecular weight excluding hydrogens is 198 g/mol. The summed E-state index contributed by atoms with van der Waals surface area (Å²) >= 11 is 0. The summed E-state index contributed by atoms with van der Waals surface area (Å²) in [6.07, 6.45) is 2.45. The molecule has 0 bridgehead atoms.